The normalized spacial score (nSPS) is 12.4. The van der Waals surface area contributed by atoms with E-state index in [9.17, 15) is 0 Å². The fraction of sp³-hybridized carbons (Fsp3) is 0.778. The first-order chi connectivity index (χ1) is 5.85. The average molecular weight is 170 g/mol. The Morgan fingerprint density at radius 3 is 2.83 bits per heavy atom. The van der Waals surface area contributed by atoms with Crippen molar-refractivity contribution >= 4 is 0 Å². The minimum atomic E-state index is 0.187. The molecule has 3 heteroatoms. The zero-order valence-electron chi connectivity index (χ0n) is 7.68. The molecule has 0 fully saturated rings. The third-order valence-electron chi connectivity index (χ3n) is 1.56. The molecule has 0 rings (SSSR count). The first-order valence-electron chi connectivity index (χ1n) is 4.32. The van der Waals surface area contributed by atoms with Crippen molar-refractivity contribution < 1.29 is 4.74 Å². The summed E-state index contributed by atoms with van der Waals surface area (Å²) in [6.07, 6.45) is 7.73. The number of nitrogens with one attached hydrogen (secondary N) is 1. The molecule has 0 aromatic carbocycles. The van der Waals surface area contributed by atoms with E-state index in [1.807, 2.05) is 0 Å². The second-order valence-corrected chi connectivity index (χ2v) is 2.67. The number of rotatable bonds is 7. The lowest BCUT2D eigenvalue weighted by atomic mass is 10.2. The molecular formula is C9H18N2O. The molecule has 1 unspecified atom stereocenters. The van der Waals surface area contributed by atoms with Crippen molar-refractivity contribution in [2.24, 2.45) is 5.84 Å². The van der Waals surface area contributed by atoms with Crippen LogP contribution < -0.4 is 11.3 Å². The van der Waals surface area contributed by atoms with Crippen LogP contribution in [0.5, 0.6) is 0 Å². The number of hydrogen-bond donors (Lipinski definition) is 2. The van der Waals surface area contributed by atoms with Crippen molar-refractivity contribution in [3.8, 4) is 12.3 Å². The Morgan fingerprint density at radius 2 is 2.33 bits per heavy atom. The number of hydrogen-bond acceptors (Lipinski definition) is 3. The van der Waals surface area contributed by atoms with E-state index in [-0.39, 0.29) is 6.04 Å². The molecular weight excluding hydrogens is 152 g/mol. The summed E-state index contributed by atoms with van der Waals surface area (Å²) in [6.45, 7) is 3.62. The molecule has 0 aromatic heterocycles. The summed E-state index contributed by atoms with van der Waals surface area (Å²) >= 11 is 0. The fourth-order valence-electron chi connectivity index (χ4n) is 0.859. The van der Waals surface area contributed by atoms with E-state index < -0.39 is 0 Å². The van der Waals surface area contributed by atoms with Crippen molar-refractivity contribution in [2.45, 2.75) is 32.2 Å². The molecule has 0 amide bonds. The van der Waals surface area contributed by atoms with Crippen LogP contribution in [-0.2, 0) is 4.74 Å². The van der Waals surface area contributed by atoms with Gasteiger partial charge in [0.2, 0.25) is 0 Å². The summed E-state index contributed by atoms with van der Waals surface area (Å²) in [6, 6.07) is 0.187. The van der Waals surface area contributed by atoms with Gasteiger partial charge in [-0.05, 0) is 12.8 Å². The number of terminal acetylenes is 1. The topological polar surface area (TPSA) is 47.3 Å². The van der Waals surface area contributed by atoms with Crippen molar-refractivity contribution in [1.82, 2.24) is 5.43 Å². The molecule has 0 aliphatic rings. The van der Waals surface area contributed by atoms with Crippen LogP contribution in [0, 0.1) is 12.3 Å². The van der Waals surface area contributed by atoms with Gasteiger partial charge in [0, 0.05) is 25.7 Å². The van der Waals surface area contributed by atoms with Crippen molar-refractivity contribution in [1.29, 1.82) is 0 Å². The highest BCUT2D eigenvalue weighted by molar-refractivity contribution is 4.88. The second-order valence-electron chi connectivity index (χ2n) is 2.67. The van der Waals surface area contributed by atoms with Crippen molar-refractivity contribution in [3.05, 3.63) is 0 Å². The van der Waals surface area contributed by atoms with Gasteiger partial charge < -0.3 is 4.74 Å². The fourth-order valence-corrected chi connectivity index (χ4v) is 0.859. The molecule has 0 spiro atoms. The van der Waals surface area contributed by atoms with Crippen LogP contribution in [0.4, 0.5) is 0 Å². The van der Waals surface area contributed by atoms with Gasteiger partial charge in [0.15, 0.2) is 0 Å². The first kappa shape index (κ1) is 11.4. The molecule has 0 heterocycles. The lowest BCUT2D eigenvalue weighted by Crippen LogP contribution is -2.35. The summed E-state index contributed by atoms with van der Waals surface area (Å²) in [5.41, 5.74) is 2.66. The molecule has 0 bridgehead atoms. The Balaban J connectivity index is 3.26. The van der Waals surface area contributed by atoms with Crippen LogP contribution in [0.3, 0.4) is 0 Å². The van der Waals surface area contributed by atoms with Gasteiger partial charge in [-0.1, -0.05) is 6.92 Å². The minimum Gasteiger partial charge on any atom is -0.381 e. The standard InChI is InChI=1S/C9H18N2O/c1-3-5-9(11-10)6-8-12-7-4-2/h1,9,11H,4-8,10H2,2H3. The first-order valence-corrected chi connectivity index (χ1v) is 4.32. The second kappa shape index (κ2) is 8.54. The molecule has 0 aromatic rings. The van der Waals surface area contributed by atoms with E-state index in [4.69, 9.17) is 17.0 Å². The molecule has 3 N–H and O–H groups in total. The van der Waals surface area contributed by atoms with E-state index in [2.05, 4.69) is 18.3 Å². The Kier molecular flexibility index (Phi) is 8.14. The Labute approximate surface area is 74.6 Å². The highest BCUT2D eigenvalue weighted by atomic mass is 16.5. The quantitative estimate of drug-likeness (QED) is 0.255. The molecule has 70 valence electrons. The summed E-state index contributed by atoms with van der Waals surface area (Å²) in [5, 5.41) is 0. The number of nitrogens with two attached hydrogens (primary N) is 1. The van der Waals surface area contributed by atoms with Gasteiger partial charge in [-0.15, -0.1) is 12.3 Å². The van der Waals surface area contributed by atoms with Crippen LogP contribution in [0.2, 0.25) is 0 Å². The summed E-state index contributed by atoms with van der Waals surface area (Å²) in [4.78, 5) is 0. The minimum absolute atomic E-state index is 0.187. The highest BCUT2D eigenvalue weighted by Crippen LogP contribution is 1.96. The average Bonchev–Trinajstić information content (AvgIpc) is 2.10. The predicted octanol–water partition coefficient (Wildman–Crippen LogP) is 0.658. The van der Waals surface area contributed by atoms with Crippen molar-refractivity contribution in [2.75, 3.05) is 13.2 Å². The summed E-state index contributed by atoms with van der Waals surface area (Å²) in [5.74, 6) is 7.83. The predicted molar refractivity (Wildman–Crippen MR) is 50.3 cm³/mol. The molecule has 1 atom stereocenters. The lowest BCUT2D eigenvalue weighted by Gasteiger charge is -2.12. The van der Waals surface area contributed by atoms with E-state index >= 15 is 0 Å². The third kappa shape index (κ3) is 6.17. The third-order valence-corrected chi connectivity index (χ3v) is 1.56. The molecule has 0 aliphatic heterocycles. The Hall–Kier alpha value is -0.560. The Bertz CT molecular complexity index is 131. The zero-order chi connectivity index (χ0) is 9.23. The summed E-state index contributed by atoms with van der Waals surface area (Å²) < 4.78 is 5.30. The highest BCUT2D eigenvalue weighted by Gasteiger charge is 2.03. The van der Waals surface area contributed by atoms with Gasteiger partial charge in [0.05, 0.1) is 0 Å². The molecule has 12 heavy (non-hydrogen) atoms. The molecule has 0 saturated heterocycles. The van der Waals surface area contributed by atoms with E-state index in [1.54, 1.807) is 0 Å². The van der Waals surface area contributed by atoms with Gasteiger partial charge in [0.1, 0.15) is 0 Å². The lowest BCUT2D eigenvalue weighted by molar-refractivity contribution is 0.125. The SMILES string of the molecule is C#CCC(CCOCCC)NN. The summed E-state index contributed by atoms with van der Waals surface area (Å²) in [7, 11) is 0. The number of ether oxygens (including phenoxy) is 1. The van der Waals surface area contributed by atoms with Crippen LogP contribution in [0.25, 0.3) is 0 Å². The smallest absolute Gasteiger partial charge is 0.0481 e. The van der Waals surface area contributed by atoms with Gasteiger partial charge >= 0.3 is 0 Å². The molecule has 0 aliphatic carbocycles. The van der Waals surface area contributed by atoms with Crippen molar-refractivity contribution in [3.63, 3.8) is 0 Å². The number of hydrazine groups is 1. The molecule has 3 nitrogen and oxygen atoms in total. The zero-order valence-corrected chi connectivity index (χ0v) is 7.68. The maximum Gasteiger partial charge on any atom is 0.0481 e. The Morgan fingerprint density at radius 1 is 1.58 bits per heavy atom. The van der Waals surface area contributed by atoms with E-state index in [0.717, 1.165) is 26.1 Å². The van der Waals surface area contributed by atoms with E-state index in [1.165, 1.54) is 0 Å². The van der Waals surface area contributed by atoms with Crippen LogP contribution in [0.15, 0.2) is 0 Å². The van der Waals surface area contributed by atoms with Crippen LogP contribution in [0.1, 0.15) is 26.2 Å². The van der Waals surface area contributed by atoms with Gasteiger partial charge in [-0.2, -0.15) is 0 Å². The van der Waals surface area contributed by atoms with Crippen LogP contribution in [-0.4, -0.2) is 19.3 Å². The van der Waals surface area contributed by atoms with Gasteiger partial charge in [0.25, 0.3) is 0 Å². The maximum atomic E-state index is 5.30. The largest absolute Gasteiger partial charge is 0.381 e. The van der Waals surface area contributed by atoms with Crippen LogP contribution >= 0.6 is 0 Å². The van der Waals surface area contributed by atoms with Gasteiger partial charge in [-0.3, -0.25) is 11.3 Å². The monoisotopic (exact) mass is 170 g/mol. The molecule has 0 radical (unpaired) electrons. The molecule has 0 saturated carbocycles. The van der Waals surface area contributed by atoms with E-state index in [0.29, 0.717) is 6.42 Å². The van der Waals surface area contributed by atoms with Gasteiger partial charge in [-0.25, -0.2) is 0 Å². The maximum absolute atomic E-state index is 5.30.